The molecule has 0 fully saturated rings. The number of unbranched alkanes of at least 4 members (excludes halogenated alkanes) is 1. The highest BCUT2D eigenvalue weighted by Gasteiger charge is 2.19. The maximum Gasteiger partial charge on any atom is 0.0813 e. The second-order valence-corrected chi connectivity index (χ2v) is 5.42. The van der Waals surface area contributed by atoms with Gasteiger partial charge in [0.25, 0.3) is 0 Å². The highest BCUT2D eigenvalue weighted by Crippen LogP contribution is 2.31. The Morgan fingerprint density at radius 3 is 2.56 bits per heavy atom. The van der Waals surface area contributed by atoms with Crippen molar-refractivity contribution in [1.29, 1.82) is 0 Å². The zero-order valence-corrected chi connectivity index (χ0v) is 13.2. The summed E-state index contributed by atoms with van der Waals surface area (Å²) in [5, 5.41) is 0. The Balaban J connectivity index is 3.17. The summed E-state index contributed by atoms with van der Waals surface area (Å²) in [6.07, 6.45) is 7.97. The smallest absolute Gasteiger partial charge is 0.0813 e. The number of hydrogen-bond donors (Lipinski definition) is 0. The summed E-state index contributed by atoms with van der Waals surface area (Å²) in [7, 11) is 0. The van der Waals surface area contributed by atoms with Crippen LogP contribution in [0.5, 0.6) is 0 Å². The molecule has 0 aliphatic carbocycles. The summed E-state index contributed by atoms with van der Waals surface area (Å²) < 4.78 is 4.70. The van der Waals surface area contributed by atoms with Crippen molar-refractivity contribution in [1.82, 2.24) is 0 Å². The van der Waals surface area contributed by atoms with Gasteiger partial charge in [-0.05, 0) is 62.3 Å². The third kappa shape index (κ3) is 3.61. The minimum absolute atomic E-state index is 1.04. The molecule has 0 bridgehead atoms. The van der Waals surface area contributed by atoms with E-state index in [-0.39, 0.29) is 0 Å². The van der Waals surface area contributed by atoms with Crippen LogP contribution >= 0.6 is 11.9 Å². The van der Waals surface area contributed by atoms with Gasteiger partial charge in [-0.1, -0.05) is 32.4 Å². The van der Waals surface area contributed by atoms with Crippen molar-refractivity contribution in [3.8, 4) is 0 Å². The molecule has 0 radical (unpaired) electrons. The summed E-state index contributed by atoms with van der Waals surface area (Å²) >= 11 is 1.69. The minimum Gasteiger partial charge on any atom is -0.216 e. The van der Waals surface area contributed by atoms with Gasteiger partial charge in [0.15, 0.2) is 0 Å². The summed E-state index contributed by atoms with van der Waals surface area (Å²) in [5.41, 5.74) is 6.81. The first-order valence-electron chi connectivity index (χ1n) is 6.88. The molecule has 1 rings (SSSR count). The fraction of sp³-hybridized carbons (Fsp3) is 0.562. The van der Waals surface area contributed by atoms with Crippen LogP contribution < -0.4 is 0 Å². The van der Waals surface area contributed by atoms with E-state index in [0.29, 0.717) is 0 Å². The van der Waals surface area contributed by atoms with Gasteiger partial charge in [0.2, 0.25) is 0 Å². The highest BCUT2D eigenvalue weighted by molar-refractivity contribution is 7.98. The molecule has 0 aromatic rings. The molecule has 0 aromatic carbocycles. The van der Waals surface area contributed by atoms with Gasteiger partial charge in [-0.25, -0.2) is 4.40 Å². The van der Waals surface area contributed by atoms with E-state index in [4.69, 9.17) is 4.40 Å². The van der Waals surface area contributed by atoms with Gasteiger partial charge in [-0.2, -0.15) is 0 Å². The molecule has 0 N–H and O–H groups in total. The number of hydrogen-bond acceptors (Lipinski definition) is 2. The SMILES string of the molecule is C/C=C(/C)C1=C(CC)CSN=C1/C(C)=C/CCC. The zero-order chi connectivity index (χ0) is 13.5. The summed E-state index contributed by atoms with van der Waals surface area (Å²) in [4.78, 5) is 0. The maximum atomic E-state index is 4.70. The standard InChI is InChI=1S/C16H25NS/c1-6-9-10-13(5)16-15(12(4)7-2)14(8-3)11-18-17-16/h7,10H,6,8-9,11H2,1-5H3/b12-7-,13-10+. The van der Waals surface area contributed by atoms with Crippen LogP contribution in [0.25, 0.3) is 0 Å². The molecule has 0 aromatic heterocycles. The van der Waals surface area contributed by atoms with Gasteiger partial charge < -0.3 is 0 Å². The van der Waals surface area contributed by atoms with Crippen LogP contribution in [0, 0.1) is 0 Å². The molecule has 0 saturated heterocycles. The molecule has 1 nitrogen and oxygen atoms in total. The molecule has 0 unspecified atom stereocenters. The van der Waals surface area contributed by atoms with Gasteiger partial charge in [-0.3, -0.25) is 0 Å². The van der Waals surface area contributed by atoms with Crippen LogP contribution in [0.3, 0.4) is 0 Å². The Kier molecular flexibility index (Phi) is 6.48. The molecule has 0 spiro atoms. The Morgan fingerprint density at radius 1 is 1.28 bits per heavy atom. The average molecular weight is 263 g/mol. The van der Waals surface area contributed by atoms with Crippen molar-refractivity contribution in [3.05, 3.63) is 34.4 Å². The molecule has 0 amide bonds. The van der Waals surface area contributed by atoms with Gasteiger partial charge in [0.05, 0.1) is 5.71 Å². The van der Waals surface area contributed by atoms with Gasteiger partial charge in [0.1, 0.15) is 0 Å². The van der Waals surface area contributed by atoms with Crippen LogP contribution in [0.15, 0.2) is 38.8 Å². The van der Waals surface area contributed by atoms with Crippen LogP contribution in [-0.2, 0) is 0 Å². The third-order valence-electron chi connectivity index (χ3n) is 3.35. The molecule has 0 saturated carbocycles. The second kappa shape index (κ2) is 7.63. The minimum atomic E-state index is 1.04. The molecule has 18 heavy (non-hydrogen) atoms. The fourth-order valence-electron chi connectivity index (χ4n) is 2.08. The largest absolute Gasteiger partial charge is 0.216 e. The predicted molar refractivity (Wildman–Crippen MR) is 85.3 cm³/mol. The van der Waals surface area contributed by atoms with E-state index in [0.717, 1.165) is 18.6 Å². The molecule has 2 heteroatoms. The number of nitrogens with zero attached hydrogens (tertiary/aromatic N) is 1. The summed E-state index contributed by atoms with van der Waals surface area (Å²) in [6.45, 7) is 11.0. The monoisotopic (exact) mass is 263 g/mol. The lowest BCUT2D eigenvalue weighted by atomic mass is 9.91. The van der Waals surface area contributed by atoms with Crippen molar-refractivity contribution in [3.63, 3.8) is 0 Å². The molecular formula is C16H25NS. The zero-order valence-electron chi connectivity index (χ0n) is 12.3. The average Bonchev–Trinajstić information content (AvgIpc) is 2.42. The highest BCUT2D eigenvalue weighted by atomic mass is 32.2. The Morgan fingerprint density at radius 2 is 2.00 bits per heavy atom. The van der Waals surface area contributed by atoms with Gasteiger partial charge in [0, 0.05) is 11.3 Å². The maximum absolute atomic E-state index is 4.70. The molecule has 1 aliphatic rings. The van der Waals surface area contributed by atoms with Crippen LogP contribution in [0.4, 0.5) is 0 Å². The van der Waals surface area contributed by atoms with E-state index in [1.54, 1.807) is 11.9 Å². The van der Waals surface area contributed by atoms with Crippen molar-refractivity contribution >= 4 is 17.7 Å². The first-order valence-corrected chi connectivity index (χ1v) is 7.82. The lowest BCUT2D eigenvalue weighted by molar-refractivity contribution is 0.953. The predicted octanol–water partition coefficient (Wildman–Crippen LogP) is 5.51. The molecular weight excluding hydrogens is 238 g/mol. The fourth-order valence-corrected chi connectivity index (χ4v) is 3.01. The molecule has 1 heterocycles. The molecule has 100 valence electrons. The van der Waals surface area contributed by atoms with Crippen molar-refractivity contribution < 1.29 is 0 Å². The van der Waals surface area contributed by atoms with E-state index >= 15 is 0 Å². The van der Waals surface area contributed by atoms with Crippen LogP contribution in [0.2, 0.25) is 0 Å². The topological polar surface area (TPSA) is 12.4 Å². The first-order chi connectivity index (χ1) is 8.65. The normalized spacial score (nSPS) is 18.2. The Labute approximate surface area is 116 Å². The van der Waals surface area contributed by atoms with E-state index in [1.807, 2.05) is 0 Å². The lowest BCUT2D eigenvalue weighted by Gasteiger charge is -2.21. The van der Waals surface area contributed by atoms with Gasteiger partial charge in [-0.15, -0.1) is 0 Å². The molecule has 1 aliphatic heterocycles. The number of allylic oxidation sites excluding steroid dienone is 5. The Bertz CT molecular complexity index is 411. The third-order valence-corrected chi connectivity index (χ3v) is 4.14. The van der Waals surface area contributed by atoms with Crippen LogP contribution in [0.1, 0.15) is 53.9 Å². The van der Waals surface area contributed by atoms with E-state index in [2.05, 4.69) is 46.8 Å². The van der Waals surface area contributed by atoms with E-state index in [9.17, 15) is 0 Å². The second-order valence-electron chi connectivity index (χ2n) is 4.69. The quantitative estimate of drug-likeness (QED) is 0.596. The van der Waals surface area contributed by atoms with Gasteiger partial charge >= 0.3 is 0 Å². The van der Waals surface area contributed by atoms with Crippen molar-refractivity contribution in [2.24, 2.45) is 4.40 Å². The van der Waals surface area contributed by atoms with Crippen LogP contribution in [-0.4, -0.2) is 11.5 Å². The van der Waals surface area contributed by atoms with E-state index < -0.39 is 0 Å². The lowest BCUT2D eigenvalue weighted by Crippen LogP contribution is -2.13. The Hall–Kier alpha value is -0.760. The summed E-state index contributed by atoms with van der Waals surface area (Å²) in [5.74, 6) is 1.04. The van der Waals surface area contributed by atoms with E-state index in [1.165, 1.54) is 34.4 Å². The first kappa shape index (κ1) is 15.3. The van der Waals surface area contributed by atoms with Crippen molar-refractivity contribution in [2.75, 3.05) is 5.75 Å². The summed E-state index contributed by atoms with van der Waals surface area (Å²) in [6, 6.07) is 0. The molecule has 0 atom stereocenters. The van der Waals surface area contributed by atoms with Crippen molar-refractivity contribution in [2.45, 2.75) is 53.9 Å². The number of rotatable bonds is 5.